The number of hydrogen-bond acceptors (Lipinski definition) is 15. The van der Waals surface area contributed by atoms with E-state index in [-0.39, 0.29) is 7.43 Å². The third kappa shape index (κ3) is 15.0. The quantitative estimate of drug-likeness (QED) is 0.0425. The molecule has 4 aromatic carbocycles. The van der Waals surface area contributed by atoms with E-state index >= 15 is 0 Å². The van der Waals surface area contributed by atoms with Gasteiger partial charge in [-0.25, -0.2) is 19.8 Å². The van der Waals surface area contributed by atoms with Gasteiger partial charge in [0.25, 0.3) is 6.48 Å². The number of anilines is 7. The van der Waals surface area contributed by atoms with Crippen LogP contribution in [-0.4, -0.2) is 55.8 Å². The second-order valence-electron chi connectivity index (χ2n) is 14.9. The Labute approximate surface area is 409 Å². The normalized spacial score (nSPS) is 10.5. The summed E-state index contributed by atoms with van der Waals surface area (Å²) in [6, 6.07) is 28.3. The first-order valence-electron chi connectivity index (χ1n) is 21.7. The summed E-state index contributed by atoms with van der Waals surface area (Å²) in [6.45, 7) is 22.0. The number of nitrogen functional groups attached to an aromatic ring is 1. The zero-order chi connectivity index (χ0) is 49.7. The molecular weight excluding hydrogens is 881 g/mol. The maximum absolute atomic E-state index is 8.93. The van der Waals surface area contributed by atoms with E-state index in [0.29, 0.717) is 65.5 Å². The maximum atomic E-state index is 8.93. The van der Waals surface area contributed by atoms with E-state index in [9.17, 15) is 0 Å². The van der Waals surface area contributed by atoms with Gasteiger partial charge in [0.2, 0.25) is 11.9 Å². The molecule has 0 aliphatic carbocycles. The molecular formula is C53H56N14O3. The van der Waals surface area contributed by atoms with Crippen LogP contribution in [0.25, 0.3) is 33.8 Å². The van der Waals surface area contributed by atoms with E-state index < -0.39 is 6.48 Å². The molecule has 0 atom stereocenters. The SMILES string of the molecule is C.CCOC(OCC)OCC.Cc1cc(/C=C/C#N)cc(C)c1Nc1nc(Nc2ccc(C#N)cc2)ncc1N.[C-]#[N+]/C=C/c1cc(C)c(-n2cnc3cnc(Nc4ccc(C#N)cc4)nc32)c(C)c1. The number of nitrogens with one attached hydrogen (secondary N) is 3. The average Bonchev–Trinajstić information content (AvgIpc) is 3.75. The Bertz CT molecular complexity index is 3020. The predicted octanol–water partition coefficient (Wildman–Crippen LogP) is 11.5. The second kappa shape index (κ2) is 27.0. The first-order chi connectivity index (χ1) is 33.4. The minimum Gasteiger partial charge on any atom is -0.394 e. The molecule has 0 fully saturated rings. The van der Waals surface area contributed by atoms with Crippen molar-refractivity contribution in [1.82, 2.24) is 29.5 Å². The highest BCUT2D eigenvalue weighted by Crippen LogP contribution is 2.30. The maximum Gasteiger partial charge on any atom is 0.271 e. The smallest absolute Gasteiger partial charge is 0.271 e. The third-order valence-corrected chi connectivity index (χ3v) is 9.80. The molecule has 70 heavy (non-hydrogen) atoms. The standard InChI is InChI=1S/C23H17N7.C22H19N7.C7H16O3.CH4/c1-15-10-18(8-9-25-3)11-16(2)21(15)30-14-27-20-13-26-23(29-22(20)30)28-19-6-4-17(12-24)5-7-19;1-14-10-17(4-3-9-23)11-15(2)20(14)28-21-19(25)13-26-22(29-21)27-18-7-5-16(12-24)6-8-18;1-4-8-7(9-5-2)10-6-3;/h4-11,13-14H,1-2H3,(H,26,28,29);3-8,10-11,13H,25H2,1-2H3,(H2,26,27,28,29);7H,4-6H2,1-3H3;1H4/b9-8+;4-3+;;. The molecule has 17 nitrogen and oxygen atoms in total. The number of nitrogens with two attached hydrogens (primary N) is 1. The third-order valence-electron chi connectivity index (χ3n) is 9.80. The number of allylic oxidation sites excluding steroid dienone is 1. The van der Waals surface area contributed by atoms with Crippen molar-refractivity contribution in [2.75, 3.05) is 41.5 Å². The zero-order valence-electron chi connectivity index (χ0n) is 39.4. The molecule has 0 radical (unpaired) electrons. The fourth-order valence-electron chi connectivity index (χ4n) is 6.78. The van der Waals surface area contributed by atoms with Gasteiger partial charge in [-0.05, 0) is 149 Å². The molecule has 0 saturated heterocycles. The van der Waals surface area contributed by atoms with Crippen LogP contribution in [0.5, 0.6) is 0 Å². The summed E-state index contributed by atoms with van der Waals surface area (Å²) in [4.78, 5) is 25.4. The fraction of sp³-hybridized carbons (Fsp3) is 0.226. The highest BCUT2D eigenvalue weighted by molar-refractivity contribution is 5.77. The van der Waals surface area contributed by atoms with Crippen LogP contribution in [0.3, 0.4) is 0 Å². The minimum absolute atomic E-state index is 0. The van der Waals surface area contributed by atoms with E-state index in [0.717, 1.165) is 56.1 Å². The summed E-state index contributed by atoms with van der Waals surface area (Å²) in [5.41, 5.74) is 18.5. The van der Waals surface area contributed by atoms with Gasteiger partial charge in [-0.1, -0.05) is 25.6 Å². The largest absolute Gasteiger partial charge is 0.394 e. The Balaban J connectivity index is 0.000000253. The number of hydrogen-bond donors (Lipinski definition) is 4. The number of fused-ring (bicyclic) bond motifs is 1. The Morgan fingerprint density at radius 2 is 1.20 bits per heavy atom. The summed E-state index contributed by atoms with van der Waals surface area (Å²) in [5, 5.41) is 36.1. The van der Waals surface area contributed by atoms with Crippen molar-refractivity contribution in [3.8, 4) is 23.9 Å². The lowest BCUT2D eigenvalue weighted by Gasteiger charge is -2.15. The lowest BCUT2D eigenvalue weighted by Crippen LogP contribution is -2.20. The fourth-order valence-corrected chi connectivity index (χ4v) is 6.78. The van der Waals surface area contributed by atoms with E-state index in [1.54, 1.807) is 61.1 Å². The second-order valence-corrected chi connectivity index (χ2v) is 14.9. The molecule has 0 unspecified atom stereocenters. The number of imidazole rings is 1. The number of rotatable bonds is 15. The highest BCUT2D eigenvalue weighted by Gasteiger charge is 2.14. The van der Waals surface area contributed by atoms with Crippen molar-refractivity contribution in [3.63, 3.8) is 0 Å². The summed E-state index contributed by atoms with van der Waals surface area (Å²) in [7, 11) is 0. The molecule has 0 aliphatic heterocycles. The predicted molar refractivity (Wildman–Crippen MR) is 276 cm³/mol. The molecule has 7 aromatic rings. The van der Waals surface area contributed by atoms with Gasteiger partial charge < -0.3 is 35.9 Å². The highest BCUT2D eigenvalue weighted by atomic mass is 16.8. The first kappa shape index (κ1) is 53.6. The zero-order valence-corrected chi connectivity index (χ0v) is 39.4. The van der Waals surface area contributed by atoms with E-state index in [1.165, 1.54) is 18.5 Å². The number of nitriles is 3. The van der Waals surface area contributed by atoms with Crippen LogP contribution in [-0.2, 0) is 14.2 Å². The van der Waals surface area contributed by atoms with Crippen LogP contribution in [0, 0.1) is 68.3 Å². The monoisotopic (exact) mass is 936 g/mol. The van der Waals surface area contributed by atoms with E-state index in [1.807, 2.05) is 95.5 Å². The topological polar surface area (TPSA) is 235 Å². The van der Waals surface area contributed by atoms with E-state index in [2.05, 4.69) is 57.9 Å². The summed E-state index contributed by atoms with van der Waals surface area (Å²) < 4.78 is 17.2. The molecule has 5 N–H and O–H groups in total. The van der Waals surface area contributed by atoms with Crippen LogP contribution < -0.4 is 21.7 Å². The molecule has 0 bridgehead atoms. The van der Waals surface area contributed by atoms with Crippen LogP contribution >= 0.6 is 0 Å². The van der Waals surface area contributed by atoms with Crippen LogP contribution in [0.4, 0.5) is 40.5 Å². The molecule has 0 saturated carbocycles. The Hall–Kier alpha value is -8.97. The van der Waals surface area contributed by atoms with Gasteiger partial charge in [0.05, 0.1) is 59.7 Å². The van der Waals surface area contributed by atoms with Crippen LogP contribution in [0.2, 0.25) is 0 Å². The molecule has 7 rings (SSSR count). The van der Waals surface area contributed by atoms with Crippen molar-refractivity contribution in [2.24, 2.45) is 0 Å². The number of benzene rings is 4. The molecule has 356 valence electrons. The molecule has 0 amide bonds. The van der Waals surface area contributed by atoms with Gasteiger partial charge in [-0.2, -0.15) is 25.8 Å². The lowest BCUT2D eigenvalue weighted by atomic mass is 10.0. The van der Waals surface area contributed by atoms with Crippen molar-refractivity contribution >= 4 is 63.8 Å². The Kier molecular flexibility index (Phi) is 20.7. The Morgan fingerprint density at radius 3 is 1.70 bits per heavy atom. The summed E-state index contributed by atoms with van der Waals surface area (Å²) in [5.74, 6) is 1.32. The number of aromatic nitrogens is 6. The van der Waals surface area contributed by atoms with Crippen molar-refractivity contribution in [3.05, 3.63) is 160 Å². The lowest BCUT2D eigenvalue weighted by molar-refractivity contribution is -0.282. The summed E-state index contributed by atoms with van der Waals surface area (Å²) in [6.07, 6.45) is 11.4. The van der Waals surface area contributed by atoms with Gasteiger partial charge in [-0.15, -0.1) is 0 Å². The molecule has 3 aromatic heterocycles. The Morgan fingerprint density at radius 1 is 0.700 bits per heavy atom. The van der Waals surface area contributed by atoms with Crippen LogP contribution in [0.1, 0.15) is 72.7 Å². The number of aryl methyl sites for hydroxylation is 4. The van der Waals surface area contributed by atoms with Gasteiger partial charge >= 0.3 is 0 Å². The van der Waals surface area contributed by atoms with Crippen molar-refractivity contribution < 1.29 is 14.2 Å². The van der Waals surface area contributed by atoms with E-state index in [4.69, 9.17) is 42.3 Å². The van der Waals surface area contributed by atoms with Gasteiger partial charge in [0.15, 0.2) is 17.7 Å². The van der Waals surface area contributed by atoms with Gasteiger partial charge in [0.1, 0.15) is 11.8 Å². The average molecular weight is 937 g/mol. The molecule has 0 aliphatic rings. The van der Waals surface area contributed by atoms with Gasteiger partial charge in [0, 0.05) is 43.0 Å². The van der Waals surface area contributed by atoms with Crippen molar-refractivity contribution in [2.45, 2.75) is 62.4 Å². The molecule has 0 spiro atoms. The van der Waals surface area contributed by atoms with Gasteiger partial charge in [-0.3, -0.25) is 4.57 Å². The summed E-state index contributed by atoms with van der Waals surface area (Å²) >= 11 is 0. The number of ether oxygens (including phenoxy) is 3. The first-order valence-corrected chi connectivity index (χ1v) is 21.7. The molecule has 3 heterocycles. The minimum atomic E-state index is -0.472. The van der Waals surface area contributed by atoms with Crippen LogP contribution in [0.15, 0.2) is 104 Å². The van der Waals surface area contributed by atoms with Crippen molar-refractivity contribution in [1.29, 1.82) is 15.8 Å². The number of nitrogens with zero attached hydrogens (tertiary/aromatic N) is 10. The molecule has 17 heteroatoms.